The molecule has 2 heterocycles. The molecule has 1 saturated carbocycles. The summed E-state index contributed by atoms with van der Waals surface area (Å²) in [7, 11) is 1.65. The van der Waals surface area contributed by atoms with E-state index in [1.54, 1.807) is 13.4 Å². The third kappa shape index (κ3) is 3.22. The van der Waals surface area contributed by atoms with Crippen LogP contribution in [0.1, 0.15) is 30.2 Å². The number of methoxy groups -OCH3 is 1. The fourth-order valence-electron chi connectivity index (χ4n) is 2.56. The third-order valence-corrected chi connectivity index (χ3v) is 4.05. The Morgan fingerprint density at radius 2 is 2.12 bits per heavy atom. The molecule has 0 spiro atoms. The van der Waals surface area contributed by atoms with E-state index in [0.717, 1.165) is 34.3 Å². The first-order valence-corrected chi connectivity index (χ1v) is 7.97. The van der Waals surface area contributed by atoms with E-state index in [9.17, 15) is 0 Å². The molecule has 0 atom stereocenters. The predicted octanol–water partition coefficient (Wildman–Crippen LogP) is 3.63. The van der Waals surface area contributed by atoms with E-state index in [-0.39, 0.29) is 0 Å². The minimum absolute atomic E-state index is 0.526. The lowest BCUT2D eigenvalue weighted by Gasteiger charge is -2.04. The van der Waals surface area contributed by atoms with Crippen LogP contribution in [0.15, 0.2) is 47.2 Å². The van der Waals surface area contributed by atoms with Gasteiger partial charge in [0.2, 0.25) is 0 Å². The molecule has 0 amide bonds. The normalized spacial score (nSPS) is 13.7. The second-order valence-electron chi connectivity index (χ2n) is 5.87. The monoisotopic (exact) mass is 322 g/mol. The Labute approximate surface area is 139 Å². The molecular formula is C18H18N4O2. The number of hydrogen-bond donors (Lipinski definition) is 1. The van der Waals surface area contributed by atoms with Gasteiger partial charge in [0.05, 0.1) is 13.7 Å². The summed E-state index contributed by atoms with van der Waals surface area (Å²) in [5.41, 5.74) is 2.86. The zero-order valence-corrected chi connectivity index (χ0v) is 13.4. The van der Waals surface area contributed by atoms with E-state index >= 15 is 0 Å². The molecule has 24 heavy (non-hydrogen) atoms. The molecule has 1 aromatic carbocycles. The van der Waals surface area contributed by atoms with Crippen molar-refractivity contribution in [2.75, 3.05) is 12.4 Å². The first-order valence-electron chi connectivity index (χ1n) is 7.97. The Hall–Kier alpha value is -2.89. The fourth-order valence-corrected chi connectivity index (χ4v) is 2.56. The Kier molecular flexibility index (Phi) is 3.86. The van der Waals surface area contributed by atoms with Crippen LogP contribution in [0.4, 0.5) is 5.82 Å². The summed E-state index contributed by atoms with van der Waals surface area (Å²) < 4.78 is 10.6. The smallest absolute Gasteiger partial charge is 0.156 e. The van der Waals surface area contributed by atoms with Gasteiger partial charge < -0.3 is 14.6 Å². The van der Waals surface area contributed by atoms with Gasteiger partial charge in [-0.15, -0.1) is 0 Å². The molecule has 0 bridgehead atoms. The van der Waals surface area contributed by atoms with Gasteiger partial charge in [-0.2, -0.15) is 0 Å². The first kappa shape index (κ1) is 14.7. The maximum Gasteiger partial charge on any atom is 0.156 e. The largest absolute Gasteiger partial charge is 0.497 e. The summed E-state index contributed by atoms with van der Waals surface area (Å²) in [5, 5.41) is 7.39. The second kappa shape index (κ2) is 6.31. The average Bonchev–Trinajstić information content (AvgIpc) is 3.38. The zero-order valence-electron chi connectivity index (χ0n) is 13.4. The molecule has 1 aliphatic carbocycles. The van der Waals surface area contributed by atoms with E-state index in [1.165, 1.54) is 12.8 Å². The highest BCUT2D eigenvalue weighted by Crippen LogP contribution is 2.39. The Morgan fingerprint density at radius 1 is 1.21 bits per heavy atom. The minimum Gasteiger partial charge on any atom is -0.497 e. The van der Waals surface area contributed by atoms with Gasteiger partial charge in [0.25, 0.3) is 0 Å². The third-order valence-electron chi connectivity index (χ3n) is 4.05. The zero-order chi connectivity index (χ0) is 16.4. The van der Waals surface area contributed by atoms with Crippen LogP contribution in [-0.2, 0) is 6.54 Å². The van der Waals surface area contributed by atoms with Crippen LogP contribution < -0.4 is 10.1 Å². The van der Waals surface area contributed by atoms with Gasteiger partial charge in [-0.1, -0.05) is 17.3 Å². The summed E-state index contributed by atoms with van der Waals surface area (Å²) in [6.45, 7) is 0.526. The molecular weight excluding hydrogens is 304 g/mol. The summed E-state index contributed by atoms with van der Waals surface area (Å²) in [6.07, 6.45) is 4.06. The van der Waals surface area contributed by atoms with Crippen LogP contribution in [0.5, 0.6) is 5.75 Å². The van der Waals surface area contributed by atoms with Gasteiger partial charge in [-0.05, 0) is 25.0 Å². The number of hydrogen-bond acceptors (Lipinski definition) is 6. The van der Waals surface area contributed by atoms with Crippen molar-refractivity contribution in [1.82, 2.24) is 15.1 Å². The average molecular weight is 322 g/mol. The molecule has 4 rings (SSSR count). The molecule has 6 nitrogen and oxygen atoms in total. The lowest BCUT2D eigenvalue weighted by molar-refractivity contribution is 0.390. The number of rotatable bonds is 6. The maximum absolute atomic E-state index is 5.41. The molecule has 0 saturated heterocycles. The number of benzene rings is 1. The number of nitrogens with one attached hydrogen (secondary N) is 1. The van der Waals surface area contributed by atoms with Crippen molar-refractivity contribution in [3.8, 4) is 17.0 Å². The van der Waals surface area contributed by atoms with Crippen LogP contribution in [0, 0.1) is 0 Å². The SMILES string of the molecule is COc1cccc(-c2cc(CNc3cc(C4CC4)ncn3)on2)c1. The first-order chi connectivity index (χ1) is 11.8. The van der Waals surface area contributed by atoms with Crippen LogP contribution in [0.25, 0.3) is 11.3 Å². The van der Waals surface area contributed by atoms with E-state index in [0.29, 0.717) is 12.5 Å². The molecule has 1 N–H and O–H groups in total. The molecule has 0 unspecified atom stereocenters. The second-order valence-corrected chi connectivity index (χ2v) is 5.87. The van der Waals surface area contributed by atoms with Crippen LogP contribution in [0.2, 0.25) is 0 Å². The predicted molar refractivity (Wildman–Crippen MR) is 89.8 cm³/mol. The molecule has 122 valence electrons. The van der Waals surface area contributed by atoms with Crippen molar-refractivity contribution in [1.29, 1.82) is 0 Å². The molecule has 2 aromatic heterocycles. The highest BCUT2D eigenvalue weighted by atomic mass is 16.5. The summed E-state index contributed by atoms with van der Waals surface area (Å²) in [5.74, 6) is 2.97. The van der Waals surface area contributed by atoms with Crippen LogP contribution >= 0.6 is 0 Å². The molecule has 6 heteroatoms. The van der Waals surface area contributed by atoms with Crippen molar-refractivity contribution in [2.24, 2.45) is 0 Å². The van der Waals surface area contributed by atoms with Crippen molar-refractivity contribution in [2.45, 2.75) is 25.3 Å². The lowest BCUT2D eigenvalue weighted by Crippen LogP contribution is -2.01. The van der Waals surface area contributed by atoms with E-state index in [4.69, 9.17) is 9.26 Å². The molecule has 0 radical (unpaired) electrons. The Bertz CT molecular complexity index is 842. The van der Waals surface area contributed by atoms with Gasteiger partial charge in [0, 0.05) is 29.3 Å². The standard InChI is InChI=1S/C18H18N4O2/c1-23-14-4-2-3-13(7-14)17-8-15(24-22-17)10-19-18-9-16(12-5-6-12)20-11-21-18/h2-4,7-9,11-12H,5-6,10H2,1H3,(H,19,20,21). The molecule has 3 aromatic rings. The number of aromatic nitrogens is 3. The van der Waals surface area contributed by atoms with E-state index in [1.807, 2.05) is 36.4 Å². The van der Waals surface area contributed by atoms with E-state index in [2.05, 4.69) is 20.4 Å². The highest BCUT2D eigenvalue weighted by Gasteiger charge is 2.25. The van der Waals surface area contributed by atoms with Crippen molar-refractivity contribution in [3.05, 3.63) is 54.2 Å². The fraction of sp³-hybridized carbons (Fsp3) is 0.278. The van der Waals surface area contributed by atoms with Gasteiger partial charge in [0.15, 0.2) is 5.76 Å². The Balaban J connectivity index is 1.44. The number of anilines is 1. The quantitative estimate of drug-likeness (QED) is 0.747. The van der Waals surface area contributed by atoms with Crippen LogP contribution in [0.3, 0.4) is 0 Å². The molecule has 1 aliphatic rings. The summed E-state index contributed by atoms with van der Waals surface area (Å²) in [4.78, 5) is 8.57. The van der Waals surface area contributed by atoms with Crippen molar-refractivity contribution in [3.63, 3.8) is 0 Å². The van der Waals surface area contributed by atoms with Gasteiger partial charge in [-0.3, -0.25) is 0 Å². The van der Waals surface area contributed by atoms with E-state index < -0.39 is 0 Å². The van der Waals surface area contributed by atoms with Gasteiger partial charge in [0.1, 0.15) is 23.6 Å². The Morgan fingerprint density at radius 3 is 2.96 bits per heavy atom. The highest BCUT2D eigenvalue weighted by molar-refractivity contribution is 5.61. The van der Waals surface area contributed by atoms with Crippen LogP contribution in [-0.4, -0.2) is 22.2 Å². The van der Waals surface area contributed by atoms with Gasteiger partial charge in [-0.25, -0.2) is 9.97 Å². The minimum atomic E-state index is 0.526. The topological polar surface area (TPSA) is 73.1 Å². The maximum atomic E-state index is 5.41. The van der Waals surface area contributed by atoms with Crippen molar-refractivity contribution < 1.29 is 9.26 Å². The van der Waals surface area contributed by atoms with Crippen molar-refractivity contribution >= 4 is 5.82 Å². The summed E-state index contributed by atoms with van der Waals surface area (Å²) >= 11 is 0. The molecule has 0 aliphatic heterocycles. The van der Waals surface area contributed by atoms with Gasteiger partial charge >= 0.3 is 0 Å². The summed E-state index contributed by atoms with van der Waals surface area (Å²) in [6, 6.07) is 11.7. The number of nitrogens with zero attached hydrogens (tertiary/aromatic N) is 3. The molecule has 1 fully saturated rings. The lowest BCUT2D eigenvalue weighted by atomic mass is 10.1. The number of ether oxygens (including phenoxy) is 1.